The van der Waals surface area contributed by atoms with Crippen molar-refractivity contribution in [2.75, 3.05) is 0 Å². The van der Waals surface area contributed by atoms with E-state index in [1.165, 1.54) is 19.9 Å². The molecular formula is C11H10F4. The summed E-state index contributed by atoms with van der Waals surface area (Å²) >= 11 is 0. The first-order chi connectivity index (χ1) is 6.81. The van der Waals surface area contributed by atoms with E-state index in [1.807, 2.05) is 0 Å². The number of benzene rings is 1. The lowest BCUT2D eigenvalue weighted by molar-refractivity contribution is 0.396. The minimum absolute atomic E-state index is 0.256. The maximum absolute atomic E-state index is 13.3. The van der Waals surface area contributed by atoms with Crippen LogP contribution in [-0.2, 0) is 5.41 Å². The molecule has 1 aromatic carbocycles. The minimum atomic E-state index is -1.80. The first kappa shape index (κ1) is 11.8. The summed E-state index contributed by atoms with van der Waals surface area (Å²) in [7, 11) is 0. The first-order valence-electron chi connectivity index (χ1n) is 4.28. The molecule has 0 fully saturated rings. The molecule has 0 saturated heterocycles. The van der Waals surface area contributed by atoms with Crippen LogP contribution in [0, 0.1) is 23.3 Å². The Labute approximate surface area is 85.2 Å². The zero-order valence-electron chi connectivity index (χ0n) is 8.37. The maximum atomic E-state index is 13.3. The van der Waals surface area contributed by atoms with Crippen LogP contribution in [0.15, 0.2) is 18.7 Å². The van der Waals surface area contributed by atoms with Crippen LogP contribution in [-0.4, -0.2) is 0 Å². The van der Waals surface area contributed by atoms with Crippen LogP contribution in [0.3, 0.4) is 0 Å². The lowest BCUT2D eigenvalue weighted by Crippen LogP contribution is -2.17. The Bertz CT molecular complexity index is 408. The summed E-state index contributed by atoms with van der Waals surface area (Å²) in [4.78, 5) is 0. The molecule has 0 atom stereocenters. The number of hydrogen-bond donors (Lipinski definition) is 0. The highest BCUT2D eigenvalue weighted by Gasteiger charge is 2.27. The van der Waals surface area contributed by atoms with E-state index in [9.17, 15) is 17.6 Å². The van der Waals surface area contributed by atoms with Crippen molar-refractivity contribution in [1.82, 2.24) is 0 Å². The van der Waals surface area contributed by atoms with Gasteiger partial charge in [0.1, 0.15) is 0 Å². The van der Waals surface area contributed by atoms with Crippen molar-refractivity contribution in [3.8, 4) is 0 Å². The third kappa shape index (κ3) is 1.89. The van der Waals surface area contributed by atoms with E-state index in [0.717, 1.165) is 0 Å². The van der Waals surface area contributed by atoms with Crippen LogP contribution in [0.4, 0.5) is 17.6 Å². The fourth-order valence-corrected chi connectivity index (χ4v) is 1.15. The fourth-order valence-electron chi connectivity index (χ4n) is 1.15. The van der Waals surface area contributed by atoms with Crippen LogP contribution >= 0.6 is 0 Å². The Hall–Kier alpha value is -1.32. The lowest BCUT2D eigenvalue weighted by Gasteiger charge is -2.21. The second kappa shape index (κ2) is 3.68. The third-order valence-corrected chi connectivity index (χ3v) is 2.31. The highest BCUT2D eigenvalue weighted by molar-refractivity contribution is 5.31. The average Bonchev–Trinajstić information content (AvgIpc) is 2.20. The van der Waals surface area contributed by atoms with Crippen LogP contribution in [0.5, 0.6) is 0 Å². The summed E-state index contributed by atoms with van der Waals surface area (Å²) in [6, 6.07) is 0.648. The Kier molecular flexibility index (Phi) is 2.88. The van der Waals surface area contributed by atoms with Crippen LogP contribution in [0.1, 0.15) is 19.4 Å². The van der Waals surface area contributed by atoms with Gasteiger partial charge in [0.2, 0.25) is 0 Å². The molecule has 0 heterocycles. The van der Waals surface area contributed by atoms with Crippen molar-refractivity contribution in [1.29, 1.82) is 0 Å². The lowest BCUT2D eigenvalue weighted by atomic mass is 9.84. The van der Waals surface area contributed by atoms with Crippen LogP contribution < -0.4 is 0 Å². The molecule has 15 heavy (non-hydrogen) atoms. The molecule has 1 rings (SSSR count). The highest BCUT2D eigenvalue weighted by atomic mass is 19.2. The van der Waals surface area contributed by atoms with Gasteiger partial charge < -0.3 is 0 Å². The normalized spacial score (nSPS) is 11.6. The standard InChI is InChI=1S/C11H10F4/c1-4-11(2,3)6-5-7(12)9(14)10(15)8(6)13/h4-5H,1H2,2-3H3. The molecule has 0 aliphatic carbocycles. The number of halogens is 4. The number of allylic oxidation sites excluding steroid dienone is 1. The quantitative estimate of drug-likeness (QED) is 0.307. The van der Waals surface area contributed by atoms with Gasteiger partial charge in [0.15, 0.2) is 23.3 Å². The van der Waals surface area contributed by atoms with E-state index >= 15 is 0 Å². The molecule has 82 valence electrons. The molecule has 0 aliphatic rings. The predicted molar refractivity (Wildman–Crippen MR) is 49.5 cm³/mol. The molecule has 0 amide bonds. The molecule has 0 aromatic heterocycles. The van der Waals surface area contributed by atoms with Gasteiger partial charge in [-0.15, -0.1) is 6.58 Å². The molecule has 0 N–H and O–H groups in total. The SMILES string of the molecule is C=CC(C)(C)c1cc(F)c(F)c(F)c1F. The second-order valence-electron chi connectivity index (χ2n) is 3.77. The van der Waals surface area contributed by atoms with Gasteiger partial charge in [-0.3, -0.25) is 0 Å². The van der Waals surface area contributed by atoms with Gasteiger partial charge in [0.25, 0.3) is 0 Å². The van der Waals surface area contributed by atoms with Crippen molar-refractivity contribution in [2.45, 2.75) is 19.3 Å². The number of hydrogen-bond acceptors (Lipinski definition) is 0. The van der Waals surface area contributed by atoms with Gasteiger partial charge in [0, 0.05) is 11.0 Å². The Morgan fingerprint density at radius 3 is 2.07 bits per heavy atom. The van der Waals surface area contributed by atoms with Crippen molar-refractivity contribution < 1.29 is 17.6 Å². The largest absolute Gasteiger partial charge is 0.204 e. The minimum Gasteiger partial charge on any atom is -0.204 e. The molecule has 0 nitrogen and oxygen atoms in total. The molecule has 4 heteroatoms. The first-order valence-corrected chi connectivity index (χ1v) is 4.28. The van der Waals surface area contributed by atoms with Crippen molar-refractivity contribution in [3.05, 3.63) is 47.6 Å². The molecule has 0 saturated carbocycles. The summed E-state index contributed by atoms with van der Waals surface area (Å²) < 4.78 is 51.7. The van der Waals surface area contributed by atoms with Gasteiger partial charge in [-0.05, 0) is 6.07 Å². The topological polar surface area (TPSA) is 0 Å². The van der Waals surface area contributed by atoms with Gasteiger partial charge in [-0.2, -0.15) is 0 Å². The van der Waals surface area contributed by atoms with Crippen LogP contribution in [0.2, 0.25) is 0 Å². The molecule has 0 spiro atoms. The molecule has 0 bridgehead atoms. The summed E-state index contributed by atoms with van der Waals surface area (Å²) in [5, 5.41) is 0. The van der Waals surface area contributed by atoms with E-state index in [-0.39, 0.29) is 5.56 Å². The zero-order chi connectivity index (χ0) is 11.8. The van der Waals surface area contributed by atoms with Gasteiger partial charge in [-0.1, -0.05) is 19.9 Å². The molecule has 0 aliphatic heterocycles. The maximum Gasteiger partial charge on any atom is 0.197 e. The summed E-state index contributed by atoms with van der Waals surface area (Å²) in [6.07, 6.45) is 1.34. The smallest absolute Gasteiger partial charge is 0.197 e. The monoisotopic (exact) mass is 218 g/mol. The van der Waals surface area contributed by atoms with Gasteiger partial charge in [-0.25, -0.2) is 17.6 Å². The van der Waals surface area contributed by atoms with E-state index < -0.39 is 28.7 Å². The van der Waals surface area contributed by atoms with E-state index in [2.05, 4.69) is 6.58 Å². The van der Waals surface area contributed by atoms with Gasteiger partial charge in [0.05, 0.1) is 0 Å². The molecule has 1 aromatic rings. The van der Waals surface area contributed by atoms with Crippen molar-refractivity contribution in [3.63, 3.8) is 0 Å². The van der Waals surface area contributed by atoms with Crippen molar-refractivity contribution in [2.24, 2.45) is 0 Å². The molecule has 0 unspecified atom stereocenters. The third-order valence-electron chi connectivity index (χ3n) is 2.31. The van der Waals surface area contributed by atoms with E-state index in [1.54, 1.807) is 0 Å². The van der Waals surface area contributed by atoms with Crippen molar-refractivity contribution >= 4 is 0 Å². The molecule has 0 radical (unpaired) electrons. The Morgan fingerprint density at radius 2 is 1.60 bits per heavy atom. The van der Waals surface area contributed by atoms with E-state index in [4.69, 9.17) is 0 Å². The highest BCUT2D eigenvalue weighted by Crippen LogP contribution is 2.30. The van der Waals surface area contributed by atoms with Gasteiger partial charge >= 0.3 is 0 Å². The fraction of sp³-hybridized carbons (Fsp3) is 0.273. The second-order valence-corrected chi connectivity index (χ2v) is 3.77. The summed E-state index contributed by atoms with van der Waals surface area (Å²) in [5.41, 5.74) is -1.21. The number of rotatable bonds is 2. The molecular weight excluding hydrogens is 208 g/mol. The summed E-state index contributed by atoms with van der Waals surface area (Å²) in [6.45, 7) is 6.47. The Morgan fingerprint density at radius 1 is 1.07 bits per heavy atom. The van der Waals surface area contributed by atoms with Crippen LogP contribution in [0.25, 0.3) is 0 Å². The van der Waals surface area contributed by atoms with E-state index in [0.29, 0.717) is 6.07 Å². The zero-order valence-corrected chi connectivity index (χ0v) is 8.37. The Balaban J connectivity index is 3.52. The summed E-state index contributed by atoms with van der Waals surface area (Å²) in [5.74, 6) is -6.37. The predicted octanol–water partition coefficient (Wildman–Crippen LogP) is 3.71. The average molecular weight is 218 g/mol.